The molecule has 2 atom stereocenters. The number of hydrogen-bond donors (Lipinski definition) is 0. The minimum Gasteiger partial charge on any atom is -0.358 e. The lowest BCUT2D eigenvalue weighted by Crippen LogP contribution is -2.48. The third-order valence-electron chi connectivity index (χ3n) is 5.80. The Morgan fingerprint density at radius 2 is 1.30 bits per heavy atom. The van der Waals surface area contributed by atoms with E-state index in [0.717, 1.165) is 16.7 Å². The van der Waals surface area contributed by atoms with Crippen LogP contribution in [-0.4, -0.2) is 31.1 Å². The van der Waals surface area contributed by atoms with Crippen molar-refractivity contribution in [1.82, 2.24) is 0 Å². The van der Waals surface area contributed by atoms with Gasteiger partial charge in [-0.1, -0.05) is 96.1 Å². The standard InChI is InChI=1S/C27H29N3O3/c1-26(2)32-24(19-29-30-28)18-25(33-26)20-31-27(21-12-6-3-7-13-21,22-14-8-4-9-15-22)23-16-10-5-11-17-23/h3-17,24-25H,18-20H2,1-2H3/t24-,25+/m1/s1. The highest BCUT2D eigenvalue weighted by atomic mass is 16.7. The average molecular weight is 444 g/mol. The van der Waals surface area contributed by atoms with E-state index in [4.69, 9.17) is 19.7 Å². The number of nitrogens with zero attached hydrogens (tertiary/aromatic N) is 3. The zero-order valence-electron chi connectivity index (χ0n) is 19.0. The second-order valence-corrected chi connectivity index (χ2v) is 8.62. The molecule has 170 valence electrons. The molecule has 0 aliphatic carbocycles. The van der Waals surface area contributed by atoms with Crippen LogP contribution in [0.1, 0.15) is 37.0 Å². The highest BCUT2D eigenvalue weighted by molar-refractivity contribution is 5.47. The first kappa shape index (κ1) is 23.0. The Morgan fingerprint density at radius 1 is 0.848 bits per heavy atom. The first-order chi connectivity index (χ1) is 16.0. The number of azide groups is 1. The summed E-state index contributed by atoms with van der Waals surface area (Å²) in [5.41, 5.74) is 11.0. The van der Waals surface area contributed by atoms with Crippen molar-refractivity contribution in [1.29, 1.82) is 0 Å². The lowest BCUT2D eigenvalue weighted by molar-refractivity contribution is -0.305. The predicted molar refractivity (Wildman–Crippen MR) is 128 cm³/mol. The van der Waals surface area contributed by atoms with E-state index in [2.05, 4.69) is 46.4 Å². The molecule has 1 fully saturated rings. The molecule has 33 heavy (non-hydrogen) atoms. The summed E-state index contributed by atoms with van der Waals surface area (Å²) < 4.78 is 19.0. The van der Waals surface area contributed by atoms with Gasteiger partial charge in [0.2, 0.25) is 0 Å². The van der Waals surface area contributed by atoms with Gasteiger partial charge in [-0.15, -0.1) is 0 Å². The highest BCUT2D eigenvalue weighted by Crippen LogP contribution is 2.41. The molecule has 1 saturated heterocycles. The zero-order chi connectivity index (χ0) is 23.2. The Morgan fingerprint density at radius 3 is 1.76 bits per heavy atom. The summed E-state index contributed by atoms with van der Waals surface area (Å²) in [6.07, 6.45) is 0.137. The van der Waals surface area contributed by atoms with E-state index in [0.29, 0.717) is 13.0 Å². The van der Waals surface area contributed by atoms with E-state index in [1.54, 1.807) is 0 Å². The molecule has 6 heteroatoms. The molecular formula is C27H29N3O3. The van der Waals surface area contributed by atoms with Crippen molar-refractivity contribution in [3.05, 3.63) is 118 Å². The molecule has 3 aromatic rings. The number of ether oxygens (including phenoxy) is 3. The third-order valence-corrected chi connectivity index (χ3v) is 5.80. The van der Waals surface area contributed by atoms with E-state index in [9.17, 15) is 0 Å². The van der Waals surface area contributed by atoms with Gasteiger partial charge < -0.3 is 14.2 Å². The number of benzene rings is 3. The Labute approximate surface area is 194 Å². The van der Waals surface area contributed by atoms with Gasteiger partial charge in [0.25, 0.3) is 0 Å². The molecule has 4 rings (SSSR count). The fraction of sp³-hybridized carbons (Fsp3) is 0.333. The van der Waals surface area contributed by atoms with Crippen LogP contribution in [-0.2, 0) is 19.8 Å². The molecule has 3 aromatic carbocycles. The molecule has 0 amide bonds. The van der Waals surface area contributed by atoms with Crippen molar-refractivity contribution < 1.29 is 14.2 Å². The smallest absolute Gasteiger partial charge is 0.163 e. The molecule has 0 aromatic heterocycles. The molecular weight excluding hydrogens is 414 g/mol. The topological polar surface area (TPSA) is 76.5 Å². The zero-order valence-corrected chi connectivity index (χ0v) is 19.0. The van der Waals surface area contributed by atoms with Crippen LogP contribution in [0, 0.1) is 0 Å². The summed E-state index contributed by atoms with van der Waals surface area (Å²) >= 11 is 0. The number of rotatable bonds is 8. The van der Waals surface area contributed by atoms with E-state index < -0.39 is 11.4 Å². The summed E-state index contributed by atoms with van der Waals surface area (Å²) in [5, 5.41) is 3.71. The van der Waals surface area contributed by atoms with Crippen LogP contribution in [0.5, 0.6) is 0 Å². The fourth-order valence-electron chi connectivity index (χ4n) is 4.55. The fourth-order valence-corrected chi connectivity index (χ4v) is 4.55. The maximum atomic E-state index is 8.73. The monoisotopic (exact) mass is 443 g/mol. The molecule has 0 unspecified atom stereocenters. The molecule has 1 aliphatic rings. The molecule has 6 nitrogen and oxygen atoms in total. The van der Waals surface area contributed by atoms with E-state index in [1.807, 2.05) is 68.4 Å². The average Bonchev–Trinajstić information content (AvgIpc) is 2.84. The SMILES string of the molecule is CC1(C)O[C@H](COC(c2ccccc2)(c2ccccc2)c2ccccc2)C[C@H](CN=[N+]=[N-])O1. The highest BCUT2D eigenvalue weighted by Gasteiger charge is 2.41. The minimum atomic E-state index is -0.810. The van der Waals surface area contributed by atoms with Gasteiger partial charge in [-0.25, -0.2) is 0 Å². The molecule has 0 spiro atoms. The van der Waals surface area contributed by atoms with Crippen molar-refractivity contribution in [2.24, 2.45) is 5.11 Å². The molecule has 1 aliphatic heterocycles. The summed E-state index contributed by atoms with van der Waals surface area (Å²) in [5.74, 6) is -0.795. The van der Waals surface area contributed by atoms with Crippen LogP contribution in [0.15, 0.2) is 96.1 Å². The van der Waals surface area contributed by atoms with Crippen LogP contribution in [0.25, 0.3) is 10.4 Å². The Hall–Kier alpha value is -3.15. The predicted octanol–water partition coefficient (Wildman–Crippen LogP) is 6.22. The third kappa shape index (κ3) is 5.27. The van der Waals surface area contributed by atoms with Gasteiger partial charge in [-0.2, -0.15) is 0 Å². The number of hydrogen-bond acceptors (Lipinski definition) is 4. The van der Waals surface area contributed by atoms with E-state index in [1.165, 1.54) is 0 Å². The first-order valence-corrected chi connectivity index (χ1v) is 11.2. The second-order valence-electron chi connectivity index (χ2n) is 8.62. The first-order valence-electron chi connectivity index (χ1n) is 11.2. The molecule has 0 N–H and O–H groups in total. The van der Waals surface area contributed by atoms with Gasteiger partial charge in [-0.3, -0.25) is 0 Å². The van der Waals surface area contributed by atoms with Gasteiger partial charge >= 0.3 is 0 Å². The Kier molecular flexibility index (Phi) is 7.11. The van der Waals surface area contributed by atoms with Crippen LogP contribution in [0.3, 0.4) is 0 Å². The lowest BCUT2D eigenvalue weighted by Gasteiger charge is -2.42. The summed E-state index contributed by atoms with van der Waals surface area (Å²) in [7, 11) is 0. The van der Waals surface area contributed by atoms with Gasteiger partial charge in [0, 0.05) is 11.3 Å². The van der Waals surface area contributed by atoms with Crippen LogP contribution in [0.4, 0.5) is 0 Å². The Bertz CT molecular complexity index is 971. The van der Waals surface area contributed by atoms with Crippen molar-refractivity contribution in [2.75, 3.05) is 13.2 Å². The molecule has 1 heterocycles. The van der Waals surface area contributed by atoms with Crippen LogP contribution < -0.4 is 0 Å². The molecule has 0 bridgehead atoms. The van der Waals surface area contributed by atoms with Crippen molar-refractivity contribution in [2.45, 2.75) is 43.9 Å². The van der Waals surface area contributed by atoms with Gasteiger partial charge in [0.1, 0.15) is 5.60 Å². The summed E-state index contributed by atoms with van der Waals surface area (Å²) in [6, 6.07) is 30.8. The van der Waals surface area contributed by atoms with Gasteiger partial charge in [-0.05, 0) is 36.1 Å². The van der Waals surface area contributed by atoms with Crippen LogP contribution >= 0.6 is 0 Å². The van der Waals surface area contributed by atoms with Crippen molar-refractivity contribution >= 4 is 0 Å². The van der Waals surface area contributed by atoms with Crippen molar-refractivity contribution in [3.8, 4) is 0 Å². The summed E-state index contributed by atoms with van der Waals surface area (Å²) in [4.78, 5) is 2.88. The second kappa shape index (κ2) is 10.2. The largest absolute Gasteiger partial charge is 0.358 e. The van der Waals surface area contributed by atoms with Gasteiger partial charge in [0.05, 0.1) is 25.4 Å². The summed E-state index contributed by atoms with van der Waals surface area (Å²) in [6.45, 7) is 4.36. The van der Waals surface area contributed by atoms with Gasteiger partial charge in [0.15, 0.2) is 5.79 Å². The van der Waals surface area contributed by atoms with Crippen molar-refractivity contribution in [3.63, 3.8) is 0 Å². The van der Waals surface area contributed by atoms with Crippen LogP contribution in [0.2, 0.25) is 0 Å². The molecule has 0 radical (unpaired) electrons. The normalized spacial score (nSPS) is 20.1. The van der Waals surface area contributed by atoms with E-state index >= 15 is 0 Å². The maximum Gasteiger partial charge on any atom is 0.163 e. The lowest BCUT2D eigenvalue weighted by atomic mass is 9.80. The minimum absolute atomic E-state index is 0.219. The quantitative estimate of drug-likeness (QED) is 0.180. The Balaban J connectivity index is 1.72. The van der Waals surface area contributed by atoms with E-state index in [-0.39, 0.29) is 18.8 Å². The maximum absolute atomic E-state index is 8.73. The molecule has 0 saturated carbocycles.